The number of rotatable bonds is 6. The fourth-order valence-electron chi connectivity index (χ4n) is 2.21. The number of hydrogen-bond donors (Lipinski definition) is 0. The van der Waals surface area contributed by atoms with E-state index in [1.54, 1.807) is 0 Å². The van der Waals surface area contributed by atoms with E-state index in [0.29, 0.717) is 0 Å². The molecule has 0 spiro atoms. The lowest BCUT2D eigenvalue weighted by atomic mass is 11.8. The maximum atomic E-state index is 6.36. The van der Waals surface area contributed by atoms with Crippen LogP contribution < -0.4 is 0 Å². The Kier molecular flexibility index (Phi) is 5.90. The predicted molar refractivity (Wildman–Crippen MR) is 84.2 cm³/mol. The molecule has 0 aromatic rings. The topological polar surface area (TPSA) is 18.5 Å². The molecule has 0 aromatic carbocycles. The van der Waals surface area contributed by atoms with Crippen LogP contribution in [0.4, 0.5) is 0 Å². The summed E-state index contributed by atoms with van der Waals surface area (Å²) in [5.74, 6) is 0. The van der Waals surface area contributed by atoms with Gasteiger partial charge in [0.05, 0.1) is 0 Å². The summed E-state index contributed by atoms with van der Waals surface area (Å²) >= 11 is 0. The third-order valence-electron chi connectivity index (χ3n) is 1.92. The van der Waals surface area contributed by atoms with Gasteiger partial charge in [0.1, 0.15) is 0 Å². The zero-order chi connectivity index (χ0) is 13.2. The van der Waals surface area contributed by atoms with E-state index < -0.39 is 34.0 Å². The van der Waals surface area contributed by atoms with Gasteiger partial charge in [-0.25, -0.2) is 0 Å². The Balaban J connectivity index is 4.26. The first-order valence-corrected chi connectivity index (χ1v) is 18.6. The van der Waals surface area contributed by atoms with Gasteiger partial charge in [-0.2, -0.15) is 0 Å². The van der Waals surface area contributed by atoms with E-state index in [4.69, 9.17) is 8.23 Å². The zero-order valence-electron chi connectivity index (χ0n) is 12.6. The summed E-state index contributed by atoms with van der Waals surface area (Å²) in [6, 6.07) is 0. The van der Waals surface area contributed by atoms with Crippen molar-refractivity contribution in [3.63, 3.8) is 0 Å². The van der Waals surface area contributed by atoms with Crippen LogP contribution >= 0.6 is 0 Å². The fraction of sp³-hybridized carbons (Fsp3) is 1.00. The summed E-state index contributed by atoms with van der Waals surface area (Å²) in [5, 5.41) is 0. The molecule has 0 bridgehead atoms. The Hall–Kier alpha value is 0.788. The van der Waals surface area contributed by atoms with Crippen LogP contribution in [0.15, 0.2) is 0 Å². The van der Waals surface area contributed by atoms with E-state index in [1.165, 1.54) is 5.67 Å². The fourth-order valence-corrected chi connectivity index (χ4v) is 21.4. The standard InChI is InChI=1S/C10H30O2Si4/c1-13(11-14(2,3)4)10-16(8,9)12-15(5,6)7/h13H,10H2,1-9H3. The van der Waals surface area contributed by atoms with Gasteiger partial charge >= 0.3 is 0 Å². The molecule has 0 N–H and O–H groups in total. The van der Waals surface area contributed by atoms with Gasteiger partial charge in [0.15, 0.2) is 34.0 Å². The van der Waals surface area contributed by atoms with Gasteiger partial charge < -0.3 is 8.23 Å². The largest absolute Gasteiger partial charge is 0.458 e. The van der Waals surface area contributed by atoms with Crippen molar-refractivity contribution in [1.29, 1.82) is 0 Å². The molecule has 6 heteroatoms. The van der Waals surface area contributed by atoms with Crippen molar-refractivity contribution in [1.82, 2.24) is 0 Å². The predicted octanol–water partition coefficient (Wildman–Crippen LogP) is 3.79. The molecule has 0 fully saturated rings. The highest BCUT2D eigenvalue weighted by Gasteiger charge is 2.33. The molecule has 0 radical (unpaired) electrons. The minimum Gasteiger partial charge on any atom is -0.458 e. The molecule has 0 rings (SSSR count). The van der Waals surface area contributed by atoms with E-state index in [1.807, 2.05) is 0 Å². The molecular formula is C10H30O2Si4. The van der Waals surface area contributed by atoms with Crippen LogP contribution in [0, 0.1) is 0 Å². The third-order valence-corrected chi connectivity index (χ3v) is 17.2. The SMILES string of the molecule is C[SiH](C[Si](C)(C)O[Si](C)(C)C)O[Si](C)(C)C. The second kappa shape index (κ2) is 5.62. The Morgan fingerprint density at radius 2 is 1.25 bits per heavy atom. The molecule has 0 heterocycles. The molecule has 2 nitrogen and oxygen atoms in total. The van der Waals surface area contributed by atoms with Crippen molar-refractivity contribution in [2.45, 2.75) is 64.6 Å². The molecular weight excluding hydrogens is 264 g/mol. The van der Waals surface area contributed by atoms with Crippen LogP contribution in [0.2, 0.25) is 64.6 Å². The zero-order valence-corrected chi connectivity index (χ0v) is 16.8. The van der Waals surface area contributed by atoms with Crippen LogP contribution in [-0.2, 0) is 8.23 Å². The van der Waals surface area contributed by atoms with Crippen molar-refractivity contribution in [3.8, 4) is 0 Å². The van der Waals surface area contributed by atoms with E-state index in [9.17, 15) is 0 Å². The maximum absolute atomic E-state index is 6.36. The molecule has 0 aromatic heterocycles. The summed E-state index contributed by atoms with van der Waals surface area (Å²) in [6.07, 6.45) is 0. The van der Waals surface area contributed by atoms with Gasteiger partial charge in [0.25, 0.3) is 0 Å². The van der Waals surface area contributed by atoms with E-state index >= 15 is 0 Å². The van der Waals surface area contributed by atoms with Gasteiger partial charge in [-0.3, -0.25) is 0 Å². The lowest BCUT2D eigenvalue weighted by Gasteiger charge is -2.34. The first-order chi connectivity index (χ1) is 6.81. The van der Waals surface area contributed by atoms with Crippen molar-refractivity contribution in [3.05, 3.63) is 0 Å². The van der Waals surface area contributed by atoms with Crippen molar-refractivity contribution in [2.24, 2.45) is 0 Å². The van der Waals surface area contributed by atoms with Gasteiger partial charge in [-0.15, -0.1) is 0 Å². The van der Waals surface area contributed by atoms with E-state index in [2.05, 4.69) is 58.9 Å². The first-order valence-electron chi connectivity index (χ1n) is 6.19. The summed E-state index contributed by atoms with van der Waals surface area (Å²) in [4.78, 5) is 0. The minimum atomic E-state index is -1.48. The molecule has 0 aliphatic heterocycles. The number of hydrogen-bond acceptors (Lipinski definition) is 2. The summed E-state index contributed by atoms with van der Waals surface area (Å²) in [5.41, 5.74) is 1.25. The lowest BCUT2D eigenvalue weighted by molar-refractivity contribution is 0.542. The van der Waals surface area contributed by atoms with Gasteiger partial charge in [0, 0.05) is 0 Å². The van der Waals surface area contributed by atoms with Gasteiger partial charge in [0.2, 0.25) is 0 Å². The second-order valence-electron chi connectivity index (χ2n) is 7.22. The highest BCUT2D eigenvalue weighted by molar-refractivity contribution is 6.91. The smallest absolute Gasteiger partial charge is 0.172 e. The molecule has 0 aliphatic carbocycles. The Morgan fingerprint density at radius 3 is 1.56 bits per heavy atom. The molecule has 16 heavy (non-hydrogen) atoms. The summed E-state index contributed by atoms with van der Waals surface area (Å²) < 4.78 is 12.6. The Morgan fingerprint density at radius 1 is 0.812 bits per heavy atom. The maximum Gasteiger partial charge on any atom is 0.172 e. The van der Waals surface area contributed by atoms with Crippen molar-refractivity contribution >= 4 is 34.0 Å². The highest BCUT2D eigenvalue weighted by atomic mass is 28.5. The first kappa shape index (κ1) is 16.8. The van der Waals surface area contributed by atoms with Crippen LogP contribution in [0.1, 0.15) is 0 Å². The monoisotopic (exact) mass is 294 g/mol. The third kappa shape index (κ3) is 9.97. The van der Waals surface area contributed by atoms with Crippen molar-refractivity contribution in [2.75, 3.05) is 0 Å². The van der Waals surface area contributed by atoms with Crippen LogP contribution in [0.25, 0.3) is 0 Å². The van der Waals surface area contributed by atoms with E-state index in [-0.39, 0.29) is 0 Å². The van der Waals surface area contributed by atoms with Crippen molar-refractivity contribution < 1.29 is 8.23 Å². The van der Waals surface area contributed by atoms with E-state index in [0.717, 1.165) is 0 Å². The average Bonchev–Trinajstić information content (AvgIpc) is 1.70. The molecule has 98 valence electrons. The van der Waals surface area contributed by atoms with Crippen LogP contribution in [-0.4, -0.2) is 34.0 Å². The molecule has 0 amide bonds. The lowest BCUT2D eigenvalue weighted by Crippen LogP contribution is -2.46. The molecule has 0 saturated carbocycles. The molecule has 0 aliphatic rings. The van der Waals surface area contributed by atoms with Gasteiger partial charge in [-0.05, 0) is 64.6 Å². The summed E-state index contributed by atoms with van der Waals surface area (Å²) in [6.45, 7) is 20.7. The minimum absolute atomic E-state index is 1.02. The van der Waals surface area contributed by atoms with Crippen LogP contribution in [0.5, 0.6) is 0 Å². The molecule has 1 atom stereocenters. The van der Waals surface area contributed by atoms with Crippen LogP contribution in [0.3, 0.4) is 0 Å². The Bertz CT molecular complexity index is 218. The molecule has 0 saturated heterocycles. The summed E-state index contributed by atoms with van der Waals surface area (Å²) in [7, 11) is -5.22. The van der Waals surface area contributed by atoms with Gasteiger partial charge in [-0.1, -0.05) is 0 Å². The second-order valence-corrected chi connectivity index (χ2v) is 24.2. The highest BCUT2D eigenvalue weighted by Crippen LogP contribution is 2.21. The quantitative estimate of drug-likeness (QED) is 0.694. The normalized spacial score (nSPS) is 16.3. The average molecular weight is 295 g/mol. The Labute approximate surface area is 107 Å². The molecule has 1 unspecified atom stereocenters.